The SMILES string of the molecule is NCC1(CCN2CCC(CN3CCCC3)CC2)CCC1. The molecule has 3 fully saturated rings. The highest BCUT2D eigenvalue weighted by Crippen LogP contribution is 2.43. The van der Waals surface area contributed by atoms with Gasteiger partial charge in [-0.05, 0) is 95.5 Å². The van der Waals surface area contributed by atoms with Gasteiger partial charge in [-0.3, -0.25) is 0 Å². The predicted molar refractivity (Wildman–Crippen MR) is 84.8 cm³/mol. The maximum absolute atomic E-state index is 5.97. The van der Waals surface area contributed by atoms with Crippen LogP contribution in [-0.4, -0.2) is 55.6 Å². The van der Waals surface area contributed by atoms with E-state index >= 15 is 0 Å². The molecule has 0 aromatic rings. The maximum atomic E-state index is 5.97. The van der Waals surface area contributed by atoms with Gasteiger partial charge >= 0.3 is 0 Å². The van der Waals surface area contributed by atoms with E-state index in [1.807, 2.05) is 0 Å². The highest BCUT2D eigenvalue weighted by atomic mass is 15.2. The zero-order valence-corrected chi connectivity index (χ0v) is 13.2. The summed E-state index contributed by atoms with van der Waals surface area (Å²) in [5, 5.41) is 0. The highest BCUT2D eigenvalue weighted by molar-refractivity contribution is 4.89. The minimum Gasteiger partial charge on any atom is -0.330 e. The fourth-order valence-electron chi connectivity index (χ4n) is 4.35. The number of hydrogen-bond acceptors (Lipinski definition) is 3. The van der Waals surface area contributed by atoms with E-state index in [2.05, 4.69) is 9.80 Å². The van der Waals surface area contributed by atoms with Crippen LogP contribution in [-0.2, 0) is 0 Å². The van der Waals surface area contributed by atoms with Crippen molar-refractivity contribution in [2.24, 2.45) is 17.1 Å². The van der Waals surface area contributed by atoms with Gasteiger partial charge in [-0.2, -0.15) is 0 Å². The van der Waals surface area contributed by atoms with Gasteiger partial charge in [-0.25, -0.2) is 0 Å². The van der Waals surface area contributed by atoms with Gasteiger partial charge in [0.05, 0.1) is 0 Å². The lowest BCUT2D eigenvalue weighted by atomic mass is 9.66. The van der Waals surface area contributed by atoms with Gasteiger partial charge in [-0.15, -0.1) is 0 Å². The van der Waals surface area contributed by atoms with Crippen LogP contribution in [0.5, 0.6) is 0 Å². The average Bonchev–Trinajstić information content (AvgIpc) is 2.93. The number of nitrogens with zero attached hydrogens (tertiary/aromatic N) is 2. The summed E-state index contributed by atoms with van der Waals surface area (Å²) < 4.78 is 0. The second kappa shape index (κ2) is 6.76. The number of piperidine rings is 1. The summed E-state index contributed by atoms with van der Waals surface area (Å²) in [6.45, 7) is 8.98. The zero-order valence-electron chi connectivity index (χ0n) is 13.2. The van der Waals surface area contributed by atoms with Gasteiger partial charge in [0.1, 0.15) is 0 Å². The van der Waals surface area contributed by atoms with Crippen LogP contribution in [0, 0.1) is 11.3 Å². The van der Waals surface area contributed by atoms with Crippen LogP contribution in [0.2, 0.25) is 0 Å². The number of nitrogens with two attached hydrogens (primary N) is 1. The van der Waals surface area contributed by atoms with Gasteiger partial charge < -0.3 is 15.5 Å². The molecule has 20 heavy (non-hydrogen) atoms. The summed E-state index contributed by atoms with van der Waals surface area (Å²) in [4.78, 5) is 5.40. The summed E-state index contributed by atoms with van der Waals surface area (Å²) in [7, 11) is 0. The van der Waals surface area contributed by atoms with Crippen LogP contribution in [0.15, 0.2) is 0 Å². The monoisotopic (exact) mass is 279 g/mol. The Morgan fingerprint density at radius 2 is 1.60 bits per heavy atom. The van der Waals surface area contributed by atoms with Gasteiger partial charge in [-0.1, -0.05) is 6.42 Å². The summed E-state index contributed by atoms with van der Waals surface area (Å²) in [6, 6.07) is 0. The lowest BCUT2D eigenvalue weighted by Crippen LogP contribution is -2.43. The third kappa shape index (κ3) is 3.55. The van der Waals surface area contributed by atoms with Crippen LogP contribution >= 0.6 is 0 Å². The molecule has 0 atom stereocenters. The molecular weight excluding hydrogens is 246 g/mol. The number of rotatable bonds is 6. The molecule has 2 heterocycles. The van der Waals surface area contributed by atoms with Gasteiger partial charge in [0.25, 0.3) is 0 Å². The molecule has 2 N–H and O–H groups in total. The van der Waals surface area contributed by atoms with Crippen LogP contribution in [0.4, 0.5) is 0 Å². The molecular formula is C17H33N3. The molecule has 3 aliphatic rings. The molecule has 0 spiro atoms. The van der Waals surface area contributed by atoms with E-state index in [4.69, 9.17) is 5.73 Å². The Labute approximate surface area is 124 Å². The number of likely N-dealkylation sites (tertiary alicyclic amines) is 2. The Kier molecular flexibility index (Phi) is 5.00. The summed E-state index contributed by atoms with van der Waals surface area (Å²) in [5.41, 5.74) is 6.51. The second-order valence-electron chi connectivity index (χ2n) is 7.60. The van der Waals surface area contributed by atoms with Crippen molar-refractivity contribution < 1.29 is 0 Å². The van der Waals surface area contributed by atoms with Crippen molar-refractivity contribution in [3.63, 3.8) is 0 Å². The van der Waals surface area contributed by atoms with Crippen molar-refractivity contribution in [2.75, 3.05) is 45.8 Å². The first-order valence-electron chi connectivity index (χ1n) is 8.94. The molecule has 3 heteroatoms. The van der Waals surface area contributed by atoms with Gasteiger partial charge in [0, 0.05) is 6.54 Å². The summed E-state index contributed by atoms with van der Waals surface area (Å²) in [5.74, 6) is 0.969. The van der Waals surface area contributed by atoms with Gasteiger partial charge in [0.15, 0.2) is 0 Å². The van der Waals surface area contributed by atoms with E-state index in [0.29, 0.717) is 5.41 Å². The quantitative estimate of drug-likeness (QED) is 0.810. The van der Waals surface area contributed by atoms with E-state index in [1.54, 1.807) is 0 Å². The third-order valence-corrected chi connectivity index (χ3v) is 6.23. The second-order valence-corrected chi connectivity index (χ2v) is 7.60. The Bertz CT molecular complexity index is 281. The van der Waals surface area contributed by atoms with Crippen molar-refractivity contribution in [2.45, 2.75) is 51.4 Å². The minimum absolute atomic E-state index is 0.534. The topological polar surface area (TPSA) is 32.5 Å². The fraction of sp³-hybridized carbons (Fsp3) is 1.00. The van der Waals surface area contributed by atoms with E-state index in [0.717, 1.165) is 12.5 Å². The number of hydrogen-bond donors (Lipinski definition) is 1. The fourth-order valence-corrected chi connectivity index (χ4v) is 4.35. The molecule has 0 bridgehead atoms. The Hall–Kier alpha value is -0.120. The molecule has 0 aromatic carbocycles. The lowest BCUT2D eigenvalue weighted by Gasteiger charge is -2.43. The van der Waals surface area contributed by atoms with Crippen molar-refractivity contribution in [3.8, 4) is 0 Å². The molecule has 0 amide bonds. The molecule has 2 aliphatic heterocycles. The Balaban J connectivity index is 1.33. The first-order valence-corrected chi connectivity index (χ1v) is 8.94. The summed E-state index contributed by atoms with van der Waals surface area (Å²) >= 11 is 0. The van der Waals surface area contributed by atoms with Crippen molar-refractivity contribution in [1.29, 1.82) is 0 Å². The zero-order chi connectivity index (χ0) is 13.8. The molecule has 0 unspecified atom stereocenters. The molecule has 3 rings (SSSR count). The largest absolute Gasteiger partial charge is 0.330 e. The van der Waals surface area contributed by atoms with Crippen molar-refractivity contribution in [1.82, 2.24) is 9.80 Å². The molecule has 1 saturated carbocycles. The standard InChI is InChI=1S/C17H33N3/c18-15-17(6-3-7-17)8-13-19-11-4-16(5-12-19)14-20-9-1-2-10-20/h16H,1-15,18H2. The van der Waals surface area contributed by atoms with Crippen LogP contribution in [0.1, 0.15) is 51.4 Å². The molecule has 0 aromatic heterocycles. The molecule has 0 radical (unpaired) electrons. The smallest absolute Gasteiger partial charge is 0.00106 e. The van der Waals surface area contributed by atoms with E-state index in [-0.39, 0.29) is 0 Å². The first kappa shape index (κ1) is 14.8. The lowest BCUT2D eigenvalue weighted by molar-refractivity contribution is 0.0882. The normalized spacial score (nSPS) is 28.6. The van der Waals surface area contributed by atoms with Gasteiger partial charge in [0.2, 0.25) is 0 Å². The molecule has 3 nitrogen and oxygen atoms in total. The van der Waals surface area contributed by atoms with Crippen molar-refractivity contribution in [3.05, 3.63) is 0 Å². The maximum Gasteiger partial charge on any atom is 0.00106 e. The van der Waals surface area contributed by atoms with Crippen LogP contribution < -0.4 is 5.73 Å². The first-order chi connectivity index (χ1) is 9.80. The molecule has 116 valence electrons. The van der Waals surface area contributed by atoms with E-state index < -0.39 is 0 Å². The van der Waals surface area contributed by atoms with Crippen LogP contribution in [0.25, 0.3) is 0 Å². The predicted octanol–water partition coefficient (Wildman–Crippen LogP) is 2.31. The molecule has 2 saturated heterocycles. The molecule has 1 aliphatic carbocycles. The van der Waals surface area contributed by atoms with Crippen molar-refractivity contribution >= 4 is 0 Å². The average molecular weight is 279 g/mol. The highest BCUT2D eigenvalue weighted by Gasteiger charge is 2.35. The van der Waals surface area contributed by atoms with E-state index in [1.165, 1.54) is 90.6 Å². The minimum atomic E-state index is 0.534. The van der Waals surface area contributed by atoms with E-state index in [9.17, 15) is 0 Å². The van der Waals surface area contributed by atoms with Crippen LogP contribution in [0.3, 0.4) is 0 Å². The summed E-state index contributed by atoms with van der Waals surface area (Å²) in [6.07, 6.45) is 11.2. The Morgan fingerprint density at radius 1 is 0.900 bits per heavy atom. The Morgan fingerprint density at radius 3 is 2.15 bits per heavy atom. The third-order valence-electron chi connectivity index (χ3n) is 6.23.